The zero-order chi connectivity index (χ0) is 25.1. The fraction of sp³-hybridized carbons (Fsp3) is 0.367. The number of aliphatic hydroxyl groups is 1. The van der Waals surface area contributed by atoms with Crippen LogP contribution in [0, 0.1) is 5.92 Å². The van der Waals surface area contributed by atoms with E-state index >= 15 is 0 Å². The number of hydrogen-bond donors (Lipinski definition) is 2. The van der Waals surface area contributed by atoms with Gasteiger partial charge in [0.05, 0.1) is 6.61 Å². The number of H-pyrrole nitrogens is 1. The van der Waals surface area contributed by atoms with E-state index in [1.165, 1.54) is 16.7 Å². The lowest BCUT2D eigenvalue weighted by Crippen LogP contribution is -2.46. The second kappa shape index (κ2) is 11.1. The van der Waals surface area contributed by atoms with E-state index in [0.29, 0.717) is 5.92 Å². The Labute approximate surface area is 218 Å². The average molecular weight is 503 g/mol. The first-order chi connectivity index (χ1) is 17.5. The van der Waals surface area contributed by atoms with Crippen molar-refractivity contribution < 1.29 is 5.11 Å². The van der Waals surface area contributed by atoms with Crippen molar-refractivity contribution in [1.82, 2.24) is 19.8 Å². The van der Waals surface area contributed by atoms with Crippen molar-refractivity contribution in [2.75, 3.05) is 39.3 Å². The van der Waals surface area contributed by atoms with Gasteiger partial charge in [-0.3, -0.25) is 9.80 Å². The van der Waals surface area contributed by atoms with E-state index in [1.54, 1.807) is 0 Å². The third-order valence-electron chi connectivity index (χ3n) is 7.11. The number of aromatic nitrogens is 2. The molecule has 3 heterocycles. The molecule has 2 N–H and O–H groups in total. The van der Waals surface area contributed by atoms with Crippen molar-refractivity contribution in [3.63, 3.8) is 0 Å². The molecule has 1 aliphatic heterocycles. The Balaban J connectivity index is 1.43. The number of pyridine rings is 1. The molecule has 6 heteroatoms. The Morgan fingerprint density at radius 1 is 0.944 bits per heavy atom. The molecule has 0 atom stereocenters. The first-order valence-electron chi connectivity index (χ1n) is 12.9. The Kier molecular flexibility index (Phi) is 7.73. The number of piperazine rings is 1. The van der Waals surface area contributed by atoms with Gasteiger partial charge in [-0.05, 0) is 52.8 Å². The van der Waals surface area contributed by atoms with Crippen LogP contribution in [0.2, 0.25) is 5.02 Å². The van der Waals surface area contributed by atoms with Crippen molar-refractivity contribution in [2.45, 2.75) is 26.8 Å². The minimum atomic E-state index is 0.240. The van der Waals surface area contributed by atoms with E-state index in [4.69, 9.17) is 16.6 Å². The van der Waals surface area contributed by atoms with Gasteiger partial charge in [-0.1, -0.05) is 55.8 Å². The van der Waals surface area contributed by atoms with Crippen molar-refractivity contribution in [3.8, 4) is 22.3 Å². The molecule has 1 aliphatic rings. The van der Waals surface area contributed by atoms with E-state index in [9.17, 15) is 5.11 Å². The molecule has 2 aromatic carbocycles. The maximum Gasteiger partial charge on any atom is 0.137 e. The summed E-state index contributed by atoms with van der Waals surface area (Å²) in [7, 11) is 0. The Bertz CT molecular complexity index is 1320. The van der Waals surface area contributed by atoms with Crippen molar-refractivity contribution >= 4 is 22.6 Å². The molecule has 0 unspecified atom stereocenters. The quantitative estimate of drug-likeness (QED) is 0.317. The van der Waals surface area contributed by atoms with Gasteiger partial charge in [-0.15, -0.1) is 0 Å². The van der Waals surface area contributed by atoms with Crippen molar-refractivity contribution in [2.24, 2.45) is 5.92 Å². The Morgan fingerprint density at radius 2 is 1.75 bits per heavy atom. The first-order valence-corrected chi connectivity index (χ1v) is 13.3. The lowest BCUT2D eigenvalue weighted by Gasteiger charge is -2.34. The number of halogens is 1. The highest BCUT2D eigenvalue weighted by Crippen LogP contribution is 2.33. The van der Waals surface area contributed by atoms with Crippen LogP contribution in [0.5, 0.6) is 0 Å². The fourth-order valence-corrected chi connectivity index (χ4v) is 5.39. The van der Waals surface area contributed by atoms with Crippen LogP contribution >= 0.6 is 11.6 Å². The van der Waals surface area contributed by atoms with Crippen LogP contribution < -0.4 is 0 Å². The Hall–Kier alpha value is -2.70. The molecular weight excluding hydrogens is 468 g/mol. The number of β-amino-alcohol motifs (C(OH)–C–C–N with tert-alkyl or cyclic N) is 1. The van der Waals surface area contributed by atoms with Crippen LogP contribution in [0.3, 0.4) is 0 Å². The summed E-state index contributed by atoms with van der Waals surface area (Å²) in [6, 6.07) is 17.1. The standard InChI is InChI=1S/C30H35ClN4O/c1-21(2)14-25-15-22(6-7-24(25)20-35-10-8-34(9-11-35)12-13-36)26-17-28-29(19-33-30(28)32-18-26)23-4-3-5-27(31)16-23/h3-7,15-19,21,36H,8-14,20H2,1-2H3,(H,32,33). The van der Waals surface area contributed by atoms with Gasteiger partial charge in [0.25, 0.3) is 0 Å². The molecule has 0 bridgehead atoms. The second-order valence-corrected chi connectivity index (χ2v) is 10.7. The normalized spacial score (nSPS) is 15.2. The van der Waals surface area contributed by atoms with E-state index in [0.717, 1.165) is 78.4 Å². The van der Waals surface area contributed by atoms with Gasteiger partial charge in [0.1, 0.15) is 5.65 Å². The summed E-state index contributed by atoms with van der Waals surface area (Å²) >= 11 is 6.26. The molecule has 0 radical (unpaired) electrons. The number of nitrogens with zero attached hydrogens (tertiary/aromatic N) is 3. The van der Waals surface area contributed by atoms with Crippen LogP contribution in [0.15, 0.2) is 60.9 Å². The van der Waals surface area contributed by atoms with E-state index in [-0.39, 0.29) is 6.61 Å². The van der Waals surface area contributed by atoms with E-state index < -0.39 is 0 Å². The number of rotatable bonds is 8. The summed E-state index contributed by atoms with van der Waals surface area (Å²) in [6.45, 7) is 10.7. The van der Waals surface area contributed by atoms with Crippen molar-refractivity contribution in [1.29, 1.82) is 0 Å². The molecule has 0 aliphatic carbocycles. The van der Waals surface area contributed by atoms with Gasteiger partial charge in [0, 0.05) is 73.2 Å². The lowest BCUT2D eigenvalue weighted by molar-refractivity contribution is 0.108. The number of aliphatic hydroxyl groups excluding tert-OH is 1. The zero-order valence-electron chi connectivity index (χ0n) is 21.2. The predicted molar refractivity (Wildman–Crippen MR) is 149 cm³/mol. The number of aromatic amines is 1. The van der Waals surface area contributed by atoms with Crippen LogP contribution in [0.4, 0.5) is 0 Å². The summed E-state index contributed by atoms with van der Waals surface area (Å²) < 4.78 is 0. The van der Waals surface area contributed by atoms with E-state index in [1.807, 2.05) is 30.6 Å². The number of nitrogens with one attached hydrogen (secondary N) is 1. The van der Waals surface area contributed by atoms with Gasteiger partial charge >= 0.3 is 0 Å². The molecular formula is C30H35ClN4O. The molecule has 5 nitrogen and oxygen atoms in total. The number of benzene rings is 2. The lowest BCUT2D eigenvalue weighted by atomic mass is 9.93. The maximum atomic E-state index is 9.22. The summed E-state index contributed by atoms with van der Waals surface area (Å²) in [5, 5.41) is 11.1. The van der Waals surface area contributed by atoms with Crippen LogP contribution in [0.25, 0.3) is 33.3 Å². The van der Waals surface area contributed by atoms with Crippen LogP contribution in [0.1, 0.15) is 25.0 Å². The molecule has 1 fully saturated rings. The highest BCUT2D eigenvalue weighted by molar-refractivity contribution is 6.30. The summed E-state index contributed by atoms with van der Waals surface area (Å²) in [4.78, 5) is 12.9. The maximum absolute atomic E-state index is 9.22. The molecule has 4 aromatic rings. The third-order valence-corrected chi connectivity index (χ3v) is 7.34. The van der Waals surface area contributed by atoms with Crippen LogP contribution in [-0.2, 0) is 13.0 Å². The second-order valence-electron chi connectivity index (χ2n) is 10.3. The van der Waals surface area contributed by atoms with Gasteiger partial charge in [-0.2, -0.15) is 0 Å². The summed E-state index contributed by atoms with van der Waals surface area (Å²) in [5.74, 6) is 0.583. The highest BCUT2D eigenvalue weighted by Gasteiger charge is 2.18. The molecule has 5 rings (SSSR count). The zero-order valence-corrected chi connectivity index (χ0v) is 21.9. The molecule has 0 amide bonds. The third kappa shape index (κ3) is 5.65. The molecule has 0 spiro atoms. The van der Waals surface area contributed by atoms with Crippen molar-refractivity contribution in [3.05, 3.63) is 77.1 Å². The number of fused-ring (bicyclic) bond motifs is 1. The first kappa shape index (κ1) is 25.0. The largest absolute Gasteiger partial charge is 0.395 e. The minimum Gasteiger partial charge on any atom is -0.395 e. The molecule has 36 heavy (non-hydrogen) atoms. The van der Waals surface area contributed by atoms with Gasteiger partial charge < -0.3 is 10.1 Å². The molecule has 1 saturated heterocycles. The van der Waals surface area contributed by atoms with Crippen LogP contribution in [-0.4, -0.2) is 64.2 Å². The molecule has 188 valence electrons. The Morgan fingerprint density at radius 3 is 2.50 bits per heavy atom. The fourth-order valence-electron chi connectivity index (χ4n) is 5.20. The van der Waals surface area contributed by atoms with Gasteiger partial charge in [-0.25, -0.2) is 4.98 Å². The average Bonchev–Trinajstić information content (AvgIpc) is 3.29. The van der Waals surface area contributed by atoms with Gasteiger partial charge in [0.2, 0.25) is 0 Å². The van der Waals surface area contributed by atoms with Gasteiger partial charge in [0.15, 0.2) is 0 Å². The summed E-state index contributed by atoms with van der Waals surface area (Å²) in [5.41, 5.74) is 8.24. The smallest absolute Gasteiger partial charge is 0.137 e. The van der Waals surface area contributed by atoms with E-state index in [2.05, 4.69) is 59.0 Å². The highest BCUT2D eigenvalue weighted by atomic mass is 35.5. The molecule has 0 saturated carbocycles. The monoisotopic (exact) mass is 502 g/mol. The topological polar surface area (TPSA) is 55.4 Å². The number of hydrogen-bond acceptors (Lipinski definition) is 4. The SMILES string of the molecule is CC(C)Cc1cc(-c2cnc3[nH]cc(-c4cccc(Cl)c4)c3c2)ccc1CN1CCN(CCO)CC1. The molecule has 2 aromatic heterocycles. The predicted octanol–water partition coefficient (Wildman–Crippen LogP) is 5.86. The summed E-state index contributed by atoms with van der Waals surface area (Å²) in [6.07, 6.45) is 5.04. The minimum absolute atomic E-state index is 0.240.